The van der Waals surface area contributed by atoms with Gasteiger partial charge >= 0.3 is 0 Å². The highest BCUT2D eigenvalue weighted by Crippen LogP contribution is 2.26. The highest BCUT2D eigenvalue weighted by atomic mass is 35.5. The van der Waals surface area contributed by atoms with Gasteiger partial charge in [-0.05, 0) is 43.7 Å². The van der Waals surface area contributed by atoms with Crippen molar-refractivity contribution in [3.8, 4) is 11.3 Å². The lowest BCUT2D eigenvalue weighted by molar-refractivity contribution is 0.596. The quantitative estimate of drug-likeness (QED) is 0.666. The minimum atomic E-state index is -3.75. The minimum Gasteiger partial charge on any atom is -0.319 e. The molecule has 25 heavy (non-hydrogen) atoms. The lowest BCUT2D eigenvalue weighted by atomic mass is 10.1. The van der Waals surface area contributed by atoms with Crippen LogP contribution >= 0.6 is 22.9 Å². The lowest BCUT2D eigenvalue weighted by Gasteiger charge is -2.05. The first kappa shape index (κ1) is 17.9. The van der Waals surface area contributed by atoms with Gasteiger partial charge < -0.3 is 4.57 Å². The number of nitrogens with zero attached hydrogens (tertiary/aromatic N) is 2. The van der Waals surface area contributed by atoms with E-state index in [-0.39, 0.29) is 4.90 Å². The molecule has 0 N–H and O–H groups in total. The minimum absolute atomic E-state index is 0.192. The molecule has 3 aromatic rings. The highest BCUT2D eigenvalue weighted by molar-refractivity contribution is 7.90. The zero-order chi connectivity index (χ0) is 18.2. The van der Waals surface area contributed by atoms with Crippen molar-refractivity contribution in [2.24, 2.45) is 11.4 Å². The predicted octanol–water partition coefficient (Wildman–Crippen LogP) is 4.31. The molecule has 3 rings (SSSR count). The van der Waals surface area contributed by atoms with Gasteiger partial charge in [0, 0.05) is 16.9 Å². The van der Waals surface area contributed by atoms with Crippen LogP contribution in [0.1, 0.15) is 10.4 Å². The Morgan fingerprint density at radius 3 is 2.20 bits per heavy atom. The Morgan fingerprint density at radius 1 is 1.00 bits per heavy atom. The lowest BCUT2D eigenvalue weighted by Crippen LogP contribution is -2.14. The summed E-state index contributed by atoms with van der Waals surface area (Å²) in [5.41, 5.74) is 2.90. The number of aromatic nitrogens is 1. The van der Waals surface area contributed by atoms with Crippen molar-refractivity contribution < 1.29 is 8.42 Å². The molecule has 0 amide bonds. The van der Waals surface area contributed by atoms with E-state index in [0.29, 0.717) is 9.82 Å². The summed E-state index contributed by atoms with van der Waals surface area (Å²) in [5, 5.41) is 0.658. The Morgan fingerprint density at radius 2 is 1.60 bits per heavy atom. The second-order valence-corrected chi connectivity index (χ2v) is 8.96. The summed E-state index contributed by atoms with van der Waals surface area (Å²) in [6, 6.07) is 14.1. The number of hydrogen-bond donors (Lipinski definition) is 0. The third kappa shape index (κ3) is 3.71. The summed E-state index contributed by atoms with van der Waals surface area (Å²) in [6.07, 6.45) is 0. The monoisotopic (exact) mass is 392 g/mol. The van der Waals surface area contributed by atoms with Crippen LogP contribution in [0.25, 0.3) is 11.3 Å². The van der Waals surface area contributed by atoms with Crippen LogP contribution in [0, 0.1) is 13.8 Å². The zero-order valence-electron chi connectivity index (χ0n) is 14.0. The first-order valence-corrected chi connectivity index (χ1v) is 10.2. The van der Waals surface area contributed by atoms with E-state index >= 15 is 0 Å². The highest BCUT2D eigenvalue weighted by Gasteiger charge is 2.15. The molecular formula is C18H17ClN2O2S2. The van der Waals surface area contributed by atoms with Gasteiger partial charge in [0.2, 0.25) is 4.80 Å². The number of hydrogen-bond acceptors (Lipinski definition) is 3. The summed E-state index contributed by atoms with van der Waals surface area (Å²) in [7, 11) is -1.94. The molecule has 0 saturated carbocycles. The Labute approximate surface area is 156 Å². The average Bonchev–Trinajstić information content (AvgIpc) is 2.82. The molecule has 7 heteroatoms. The second-order valence-electron chi connectivity index (χ2n) is 5.73. The molecule has 0 saturated heterocycles. The van der Waals surface area contributed by atoms with Crippen molar-refractivity contribution in [3.05, 3.63) is 68.8 Å². The third-order valence-electron chi connectivity index (χ3n) is 3.83. The average molecular weight is 393 g/mol. The summed E-state index contributed by atoms with van der Waals surface area (Å²) >= 11 is 7.30. The molecule has 1 heterocycles. The van der Waals surface area contributed by atoms with E-state index in [0.717, 1.165) is 21.7 Å². The van der Waals surface area contributed by atoms with Gasteiger partial charge in [-0.25, -0.2) is 0 Å². The number of sulfonamides is 1. The SMILES string of the molecule is Cc1ccc(S(=O)(=O)N=c2sc(C)c(-c3ccc(Cl)cc3)n2C)cc1. The number of halogens is 1. The standard InChI is InChI=1S/C18H17ClN2O2S2/c1-12-4-10-16(11-5-12)25(22,23)20-18-21(3)17(13(2)24-18)14-6-8-15(19)9-7-14/h4-11H,1-3H3. The number of benzene rings is 2. The Kier molecular flexibility index (Phi) is 4.86. The van der Waals surface area contributed by atoms with E-state index in [1.165, 1.54) is 11.3 Å². The van der Waals surface area contributed by atoms with Crippen molar-refractivity contribution in [1.29, 1.82) is 0 Å². The van der Waals surface area contributed by atoms with Gasteiger partial charge in [-0.3, -0.25) is 0 Å². The first-order valence-electron chi connectivity index (χ1n) is 7.58. The predicted molar refractivity (Wildman–Crippen MR) is 102 cm³/mol. The van der Waals surface area contributed by atoms with Crippen LogP contribution < -0.4 is 4.80 Å². The van der Waals surface area contributed by atoms with E-state index in [9.17, 15) is 8.42 Å². The van der Waals surface area contributed by atoms with Gasteiger partial charge in [0.25, 0.3) is 10.0 Å². The van der Waals surface area contributed by atoms with E-state index in [1.807, 2.05) is 45.2 Å². The van der Waals surface area contributed by atoms with E-state index < -0.39 is 10.0 Å². The van der Waals surface area contributed by atoms with Crippen LogP contribution in [0.2, 0.25) is 5.02 Å². The van der Waals surface area contributed by atoms with Crippen LogP contribution in [-0.4, -0.2) is 13.0 Å². The molecule has 0 spiro atoms. The molecule has 1 aromatic heterocycles. The molecule has 0 unspecified atom stereocenters. The number of rotatable bonds is 3. The molecule has 0 fully saturated rings. The van der Waals surface area contributed by atoms with Crippen molar-refractivity contribution in [1.82, 2.24) is 4.57 Å². The Balaban J connectivity index is 2.12. The van der Waals surface area contributed by atoms with Crippen molar-refractivity contribution in [2.45, 2.75) is 18.7 Å². The topological polar surface area (TPSA) is 51.4 Å². The second kappa shape index (κ2) is 6.78. The molecule has 0 aliphatic carbocycles. The molecule has 0 radical (unpaired) electrons. The summed E-state index contributed by atoms with van der Waals surface area (Å²) in [6.45, 7) is 3.86. The molecule has 0 bridgehead atoms. The fourth-order valence-electron chi connectivity index (χ4n) is 2.54. The molecule has 0 aliphatic heterocycles. The van der Waals surface area contributed by atoms with Gasteiger partial charge in [-0.15, -0.1) is 15.7 Å². The van der Waals surface area contributed by atoms with Crippen LogP contribution in [0.4, 0.5) is 0 Å². The van der Waals surface area contributed by atoms with E-state index in [4.69, 9.17) is 11.6 Å². The Bertz CT molecular complexity index is 1080. The number of thiazole rings is 1. The molecule has 130 valence electrons. The van der Waals surface area contributed by atoms with Crippen molar-refractivity contribution >= 4 is 33.0 Å². The van der Waals surface area contributed by atoms with Crippen LogP contribution in [0.3, 0.4) is 0 Å². The van der Waals surface area contributed by atoms with Gasteiger partial charge in [0.05, 0.1) is 10.6 Å². The molecular weight excluding hydrogens is 376 g/mol. The Hall–Kier alpha value is -1.89. The maximum absolute atomic E-state index is 12.6. The van der Waals surface area contributed by atoms with E-state index in [2.05, 4.69) is 4.40 Å². The summed E-state index contributed by atoms with van der Waals surface area (Å²) < 4.78 is 31.0. The fraction of sp³-hybridized carbons (Fsp3) is 0.167. The maximum Gasteiger partial charge on any atom is 0.285 e. The molecule has 0 atom stereocenters. The van der Waals surface area contributed by atoms with Crippen LogP contribution in [0.5, 0.6) is 0 Å². The zero-order valence-corrected chi connectivity index (χ0v) is 16.4. The van der Waals surface area contributed by atoms with Gasteiger partial charge in [-0.1, -0.05) is 41.4 Å². The summed E-state index contributed by atoms with van der Waals surface area (Å²) in [5.74, 6) is 0. The normalized spacial score (nSPS) is 12.6. The summed E-state index contributed by atoms with van der Waals surface area (Å²) in [4.78, 5) is 1.61. The number of aryl methyl sites for hydroxylation is 2. The van der Waals surface area contributed by atoms with Gasteiger partial charge in [0.15, 0.2) is 0 Å². The van der Waals surface area contributed by atoms with Crippen molar-refractivity contribution in [2.75, 3.05) is 0 Å². The maximum atomic E-state index is 12.6. The van der Waals surface area contributed by atoms with E-state index in [1.54, 1.807) is 28.8 Å². The van der Waals surface area contributed by atoms with Crippen LogP contribution in [0.15, 0.2) is 57.8 Å². The fourth-order valence-corrected chi connectivity index (χ4v) is 4.87. The third-order valence-corrected chi connectivity index (χ3v) is 6.53. The van der Waals surface area contributed by atoms with Gasteiger partial charge in [-0.2, -0.15) is 8.42 Å². The molecule has 2 aromatic carbocycles. The largest absolute Gasteiger partial charge is 0.319 e. The van der Waals surface area contributed by atoms with Gasteiger partial charge in [0.1, 0.15) is 0 Å². The molecule has 0 aliphatic rings. The molecule has 4 nitrogen and oxygen atoms in total. The smallest absolute Gasteiger partial charge is 0.285 e. The van der Waals surface area contributed by atoms with Crippen molar-refractivity contribution in [3.63, 3.8) is 0 Å². The first-order chi connectivity index (χ1) is 11.8. The van der Waals surface area contributed by atoms with Crippen LogP contribution in [-0.2, 0) is 17.1 Å².